The number of rotatable bonds is 8. The van der Waals surface area contributed by atoms with Gasteiger partial charge in [-0.2, -0.15) is 9.57 Å². The fraction of sp³-hybridized carbons (Fsp3) is 0.333. The van der Waals surface area contributed by atoms with Gasteiger partial charge in [-0.05, 0) is 37.6 Å². The minimum Gasteiger partial charge on any atom is -0.379 e. The van der Waals surface area contributed by atoms with Gasteiger partial charge in [0.1, 0.15) is 11.6 Å². The maximum atomic E-state index is 13.1. The van der Waals surface area contributed by atoms with Gasteiger partial charge < -0.3 is 15.0 Å². The van der Waals surface area contributed by atoms with Crippen LogP contribution in [0.25, 0.3) is 0 Å². The van der Waals surface area contributed by atoms with Gasteiger partial charge in [-0.1, -0.05) is 41.9 Å². The van der Waals surface area contributed by atoms with Crippen molar-refractivity contribution in [1.29, 1.82) is 5.26 Å². The lowest BCUT2D eigenvalue weighted by Crippen LogP contribution is -2.40. The number of nitriles is 1. The van der Waals surface area contributed by atoms with Crippen molar-refractivity contribution in [3.63, 3.8) is 0 Å². The Bertz CT molecular complexity index is 1190. The van der Waals surface area contributed by atoms with Crippen LogP contribution in [-0.4, -0.2) is 55.9 Å². The molecule has 180 valence electrons. The number of ether oxygens (including phenoxy) is 1. The number of nitrogens with one attached hydrogen (secondary N) is 1. The Morgan fingerprint density at radius 1 is 1.24 bits per heavy atom. The quantitative estimate of drug-likeness (QED) is 0.437. The Kier molecular flexibility index (Phi) is 8.69. The average Bonchev–Trinajstić information content (AvgIpc) is 2.84. The van der Waals surface area contributed by atoms with Gasteiger partial charge in [-0.3, -0.25) is 4.79 Å². The number of benzene rings is 2. The molecule has 1 aliphatic heterocycles. The molecular formula is C24H27ClN4O4S. The highest BCUT2D eigenvalue weighted by Gasteiger charge is 2.27. The monoisotopic (exact) mass is 502 g/mol. The van der Waals surface area contributed by atoms with Crippen LogP contribution >= 0.6 is 11.6 Å². The van der Waals surface area contributed by atoms with Gasteiger partial charge >= 0.3 is 0 Å². The molecule has 0 aromatic heterocycles. The van der Waals surface area contributed by atoms with E-state index in [9.17, 15) is 18.5 Å². The highest BCUT2D eigenvalue weighted by Crippen LogP contribution is 2.27. The van der Waals surface area contributed by atoms with E-state index in [1.54, 1.807) is 4.90 Å². The van der Waals surface area contributed by atoms with E-state index in [1.165, 1.54) is 28.7 Å². The summed E-state index contributed by atoms with van der Waals surface area (Å²) in [6.45, 7) is 5.32. The van der Waals surface area contributed by atoms with Gasteiger partial charge in [0.2, 0.25) is 10.0 Å². The lowest BCUT2D eigenvalue weighted by molar-refractivity contribution is -0.129. The number of carbonyl (C=O) groups is 1. The normalized spacial score (nSPS) is 15.1. The molecule has 1 saturated heterocycles. The second-order valence-corrected chi connectivity index (χ2v) is 10.3. The zero-order valence-electron chi connectivity index (χ0n) is 19.1. The molecule has 0 atom stereocenters. The number of morpholine rings is 1. The Hall–Kier alpha value is -2.90. The smallest absolute Gasteiger partial charge is 0.266 e. The summed E-state index contributed by atoms with van der Waals surface area (Å²) in [6.07, 6.45) is 1.26. The lowest BCUT2D eigenvalue weighted by atomic mass is 10.1. The maximum Gasteiger partial charge on any atom is 0.266 e. The first-order valence-corrected chi connectivity index (χ1v) is 12.6. The van der Waals surface area contributed by atoms with Crippen molar-refractivity contribution in [3.8, 4) is 6.07 Å². The molecule has 1 aliphatic rings. The fourth-order valence-corrected chi connectivity index (χ4v) is 5.03. The summed E-state index contributed by atoms with van der Waals surface area (Å²) in [4.78, 5) is 14.8. The fourth-order valence-electron chi connectivity index (χ4n) is 3.43. The number of carbonyl (C=O) groups excluding carboxylic acids is 1. The van der Waals surface area contributed by atoms with Crippen LogP contribution in [-0.2, 0) is 26.1 Å². The Morgan fingerprint density at radius 3 is 2.53 bits per heavy atom. The van der Waals surface area contributed by atoms with Gasteiger partial charge in [-0.15, -0.1) is 0 Å². The van der Waals surface area contributed by atoms with Gasteiger partial charge in [0, 0.05) is 31.9 Å². The highest BCUT2D eigenvalue weighted by molar-refractivity contribution is 7.89. The molecule has 1 heterocycles. The van der Waals surface area contributed by atoms with E-state index >= 15 is 0 Å². The first kappa shape index (κ1) is 25.7. The van der Waals surface area contributed by atoms with Gasteiger partial charge in [0.15, 0.2) is 0 Å². The van der Waals surface area contributed by atoms with Crippen molar-refractivity contribution >= 4 is 33.2 Å². The van der Waals surface area contributed by atoms with Crippen LogP contribution in [0.3, 0.4) is 0 Å². The highest BCUT2D eigenvalue weighted by atomic mass is 35.5. The SMILES string of the molecule is CC(C)N(Cc1ccccc1)C(=O)/C(C#N)=C\Nc1cc(S(=O)(=O)N2CCOCC2)ccc1Cl. The second kappa shape index (κ2) is 11.5. The molecule has 0 spiro atoms. The van der Waals surface area contributed by atoms with E-state index in [1.807, 2.05) is 50.2 Å². The zero-order chi connectivity index (χ0) is 24.7. The lowest BCUT2D eigenvalue weighted by Gasteiger charge is -2.27. The van der Waals surface area contributed by atoms with Crippen LogP contribution in [0.4, 0.5) is 5.69 Å². The standard InChI is InChI=1S/C24H27ClN4O4S/c1-18(2)29(17-19-6-4-3-5-7-19)24(30)20(15-26)16-27-23-14-21(8-9-22(23)25)34(31,32)28-10-12-33-13-11-28/h3-9,14,16,18,27H,10-13,17H2,1-2H3/b20-16-. The summed E-state index contributed by atoms with van der Waals surface area (Å²) in [7, 11) is -3.73. The van der Waals surface area contributed by atoms with Crippen molar-refractivity contribution in [2.24, 2.45) is 0 Å². The van der Waals surface area contributed by atoms with Crippen LogP contribution in [0.1, 0.15) is 19.4 Å². The van der Waals surface area contributed by atoms with Gasteiger partial charge in [0.05, 0.1) is 28.8 Å². The second-order valence-electron chi connectivity index (χ2n) is 7.98. The Morgan fingerprint density at radius 2 is 1.91 bits per heavy atom. The molecule has 0 bridgehead atoms. The first-order chi connectivity index (χ1) is 16.2. The molecule has 2 aromatic carbocycles. The van der Waals surface area contributed by atoms with Crippen molar-refractivity contribution in [3.05, 3.63) is 70.9 Å². The van der Waals surface area contributed by atoms with Gasteiger partial charge in [-0.25, -0.2) is 8.42 Å². The predicted molar refractivity (Wildman–Crippen MR) is 130 cm³/mol. The van der Waals surface area contributed by atoms with E-state index in [4.69, 9.17) is 16.3 Å². The van der Waals surface area contributed by atoms with Crippen molar-refractivity contribution in [2.45, 2.75) is 31.3 Å². The largest absolute Gasteiger partial charge is 0.379 e. The van der Waals surface area contributed by atoms with Crippen LogP contribution in [0.15, 0.2) is 65.2 Å². The molecular weight excluding hydrogens is 476 g/mol. The average molecular weight is 503 g/mol. The number of anilines is 1. The number of halogens is 1. The topological polar surface area (TPSA) is 103 Å². The molecule has 0 radical (unpaired) electrons. The summed E-state index contributed by atoms with van der Waals surface area (Å²) in [5, 5.41) is 12.7. The molecule has 0 aliphatic carbocycles. The molecule has 10 heteroatoms. The summed E-state index contributed by atoms with van der Waals surface area (Å²) < 4.78 is 32.5. The Labute approximate surface area is 205 Å². The molecule has 1 fully saturated rings. The third kappa shape index (κ3) is 6.15. The molecule has 34 heavy (non-hydrogen) atoms. The summed E-state index contributed by atoms with van der Waals surface area (Å²) in [5.74, 6) is -0.443. The minimum absolute atomic E-state index is 0.0624. The number of sulfonamides is 1. The third-order valence-electron chi connectivity index (χ3n) is 5.35. The van der Waals surface area contributed by atoms with Gasteiger partial charge in [0.25, 0.3) is 5.91 Å². The summed E-state index contributed by atoms with van der Waals surface area (Å²) >= 11 is 6.26. The van der Waals surface area contributed by atoms with Crippen LogP contribution in [0.2, 0.25) is 5.02 Å². The minimum atomic E-state index is -3.73. The van der Waals surface area contributed by atoms with E-state index < -0.39 is 15.9 Å². The van der Waals surface area contributed by atoms with Crippen molar-refractivity contribution in [1.82, 2.24) is 9.21 Å². The van der Waals surface area contributed by atoms with E-state index in [0.29, 0.717) is 19.8 Å². The molecule has 2 aromatic rings. The third-order valence-corrected chi connectivity index (χ3v) is 7.57. The number of hydrogen-bond acceptors (Lipinski definition) is 6. The van der Waals surface area contributed by atoms with Crippen molar-refractivity contribution < 1.29 is 17.9 Å². The number of nitrogens with zero attached hydrogens (tertiary/aromatic N) is 3. The van der Waals surface area contributed by atoms with E-state index in [-0.39, 0.29) is 40.3 Å². The van der Waals surface area contributed by atoms with E-state index in [2.05, 4.69) is 5.32 Å². The number of amides is 1. The molecule has 0 saturated carbocycles. The molecule has 1 N–H and O–H groups in total. The predicted octanol–water partition coefficient (Wildman–Crippen LogP) is 3.62. The maximum absolute atomic E-state index is 13.1. The zero-order valence-corrected chi connectivity index (χ0v) is 20.6. The molecule has 0 unspecified atom stereocenters. The van der Waals surface area contributed by atoms with Crippen LogP contribution in [0.5, 0.6) is 0 Å². The summed E-state index contributed by atoms with van der Waals surface area (Å²) in [5.41, 5.74) is 1.09. The van der Waals surface area contributed by atoms with Crippen LogP contribution < -0.4 is 5.32 Å². The first-order valence-electron chi connectivity index (χ1n) is 10.8. The number of hydrogen-bond donors (Lipinski definition) is 1. The van der Waals surface area contributed by atoms with E-state index in [0.717, 1.165) is 5.56 Å². The summed E-state index contributed by atoms with van der Waals surface area (Å²) in [6, 6.07) is 15.6. The van der Waals surface area contributed by atoms with Crippen LogP contribution in [0, 0.1) is 11.3 Å². The molecule has 3 rings (SSSR count). The van der Waals surface area contributed by atoms with Crippen molar-refractivity contribution in [2.75, 3.05) is 31.6 Å². The Balaban J connectivity index is 1.82. The molecule has 1 amide bonds. The molecule has 8 nitrogen and oxygen atoms in total.